The number of hydrogen-bond acceptors (Lipinski definition) is 1. The highest BCUT2D eigenvalue weighted by molar-refractivity contribution is 6.74. The molecule has 0 heterocycles. The lowest BCUT2D eigenvalue weighted by Gasteiger charge is -2.38. The third kappa shape index (κ3) is 2.86. The van der Waals surface area contributed by atoms with Crippen LogP contribution in [0, 0.1) is 5.82 Å². The Kier molecular flexibility index (Phi) is 3.78. The van der Waals surface area contributed by atoms with Gasteiger partial charge in [-0.15, -0.1) is 0 Å². The zero-order valence-corrected chi connectivity index (χ0v) is 13.7. The molecule has 1 saturated carbocycles. The molecule has 1 aromatic carbocycles. The van der Waals surface area contributed by atoms with E-state index in [1.165, 1.54) is 12.5 Å². The number of halogens is 1. The second-order valence-electron chi connectivity index (χ2n) is 7.15. The van der Waals surface area contributed by atoms with Crippen LogP contribution in [0.4, 0.5) is 4.39 Å². The molecule has 0 aliphatic heterocycles. The Balaban J connectivity index is 2.34. The minimum atomic E-state index is -1.98. The first-order valence-electron chi connectivity index (χ1n) is 7.20. The van der Waals surface area contributed by atoms with Gasteiger partial charge in [-0.25, -0.2) is 4.39 Å². The maximum absolute atomic E-state index is 14.2. The largest absolute Gasteiger partial charge is 0.541 e. The van der Waals surface area contributed by atoms with Crippen molar-refractivity contribution in [2.75, 3.05) is 0 Å². The van der Waals surface area contributed by atoms with E-state index in [1.54, 1.807) is 0 Å². The van der Waals surface area contributed by atoms with Crippen LogP contribution in [0.1, 0.15) is 51.5 Å². The van der Waals surface area contributed by atoms with Crippen molar-refractivity contribution < 1.29 is 8.82 Å². The predicted molar refractivity (Wildman–Crippen MR) is 80.8 cm³/mol. The highest BCUT2D eigenvalue weighted by Gasteiger charge is 2.40. The van der Waals surface area contributed by atoms with E-state index in [9.17, 15) is 4.39 Å². The summed E-state index contributed by atoms with van der Waals surface area (Å²) in [5.74, 6) is 0.823. The summed E-state index contributed by atoms with van der Waals surface area (Å²) in [5.41, 5.74) is 1.08. The van der Waals surface area contributed by atoms with E-state index in [0.717, 1.165) is 18.4 Å². The highest BCUT2D eigenvalue weighted by Crippen LogP contribution is 2.44. The first-order valence-corrected chi connectivity index (χ1v) is 10.1. The van der Waals surface area contributed by atoms with Gasteiger partial charge < -0.3 is 4.43 Å². The van der Waals surface area contributed by atoms with Gasteiger partial charge in [-0.3, -0.25) is 0 Å². The lowest BCUT2D eigenvalue weighted by Crippen LogP contribution is -2.44. The maximum Gasteiger partial charge on any atom is 0.250 e. The topological polar surface area (TPSA) is 9.23 Å². The van der Waals surface area contributed by atoms with Crippen LogP contribution >= 0.6 is 0 Å². The molecule has 2 rings (SSSR count). The molecule has 3 heteroatoms. The lowest BCUT2D eigenvalue weighted by molar-refractivity contribution is 0.392. The van der Waals surface area contributed by atoms with Crippen molar-refractivity contribution in [2.24, 2.45) is 0 Å². The molecule has 106 valence electrons. The molecule has 0 bridgehead atoms. The zero-order chi connectivity index (χ0) is 14.3. The molecule has 0 amide bonds. The summed E-state index contributed by atoms with van der Waals surface area (Å²) in [4.78, 5) is 0. The van der Waals surface area contributed by atoms with Crippen molar-refractivity contribution in [1.82, 2.24) is 0 Å². The summed E-state index contributed by atoms with van der Waals surface area (Å²) in [6, 6.07) is 5.36. The minimum Gasteiger partial charge on any atom is -0.541 e. The van der Waals surface area contributed by atoms with Crippen molar-refractivity contribution in [1.29, 1.82) is 0 Å². The van der Waals surface area contributed by atoms with Crippen molar-refractivity contribution in [2.45, 2.75) is 64.1 Å². The normalized spacial score (nSPS) is 17.2. The number of para-hydroxylation sites is 1. The van der Waals surface area contributed by atoms with Gasteiger partial charge in [-0.1, -0.05) is 39.3 Å². The molecule has 1 aliphatic carbocycles. The average Bonchev–Trinajstić information content (AvgIpc) is 2.18. The summed E-state index contributed by atoms with van der Waals surface area (Å²) in [7, 11) is -1.98. The molecule has 1 aliphatic rings. The molecule has 0 radical (unpaired) electrons. The second kappa shape index (κ2) is 4.93. The summed E-state index contributed by atoms with van der Waals surface area (Å²) < 4.78 is 20.4. The fraction of sp³-hybridized carbons (Fsp3) is 0.625. The molecule has 1 aromatic rings. The van der Waals surface area contributed by atoms with Gasteiger partial charge >= 0.3 is 0 Å². The van der Waals surface area contributed by atoms with Crippen LogP contribution in [0.15, 0.2) is 18.2 Å². The van der Waals surface area contributed by atoms with Crippen LogP contribution < -0.4 is 4.43 Å². The average molecular weight is 280 g/mol. The Labute approximate surface area is 117 Å². The Hall–Kier alpha value is -0.833. The monoisotopic (exact) mass is 280 g/mol. The molecule has 19 heavy (non-hydrogen) atoms. The van der Waals surface area contributed by atoms with E-state index >= 15 is 0 Å². The van der Waals surface area contributed by atoms with E-state index in [0.29, 0.717) is 11.7 Å². The molecule has 0 saturated heterocycles. The van der Waals surface area contributed by atoms with Crippen LogP contribution in [0.25, 0.3) is 0 Å². The first kappa shape index (κ1) is 14.6. The summed E-state index contributed by atoms with van der Waals surface area (Å²) in [6.07, 6.45) is 3.58. The molecule has 1 nitrogen and oxygen atoms in total. The van der Waals surface area contributed by atoms with E-state index in [2.05, 4.69) is 33.9 Å². The van der Waals surface area contributed by atoms with Gasteiger partial charge in [0.15, 0.2) is 5.82 Å². The number of hydrogen-bond donors (Lipinski definition) is 0. The van der Waals surface area contributed by atoms with Gasteiger partial charge in [0.05, 0.1) is 0 Å². The summed E-state index contributed by atoms with van der Waals surface area (Å²) in [6.45, 7) is 10.9. The van der Waals surface area contributed by atoms with Gasteiger partial charge in [0, 0.05) is 0 Å². The Morgan fingerprint density at radius 1 is 1.21 bits per heavy atom. The molecule has 0 spiro atoms. The number of rotatable bonds is 3. The third-order valence-electron chi connectivity index (χ3n) is 4.71. The smallest absolute Gasteiger partial charge is 0.250 e. The van der Waals surface area contributed by atoms with Crippen LogP contribution in [0.2, 0.25) is 18.1 Å². The molecular formula is C16H25FOSi. The van der Waals surface area contributed by atoms with E-state index in [-0.39, 0.29) is 10.9 Å². The third-order valence-corrected chi connectivity index (χ3v) is 9.03. The quantitative estimate of drug-likeness (QED) is 0.666. The zero-order valence-electron chi connectivity index (χ0n) is 12.7. The molecule has 0 N–H and O–H groups in total. The summed E-state index contributed by atoms with van der Waals surface area (Å²) >= 11 is 0. The van der Waals surface area contributed by atoms with Crippen molar-refractivity contribution in [3.05, 3.63) is 29.6 Å². The molecule has 1 fully saturated rings. The Morgan fingerprint density at radius 3 is 2.32 bits per heavy atom. The van der Waals surface area contributed by atoms with Gasteiger partial charge in [0.1, 0.15) is 5.75 Å². The Morgan fingerprint density at radius 2 is 1.84 bits per heavy atom. The van der Waals surface area contributed by atoms with Gasteiger partial charge in [-0.05, 0) is 48.5 Å². The lowest BCUT2D eigenvalue weighted by atomic mass is 9.79. The van der Waals surface area contributed by atoms with Gasteiger partial charge in [-0.2, -0.15) is 0 Å². The first-order chi connectivity index (χ1) is 8.72. The minimum absolute atomic E-state index is 0.0894. The molecule has 0 atom stereocenters. The summed E-state index contributed by atoms with van der Waals surface area (Å²) in [5, 5.41) is 0.0894. The van der Waals surface area contributed by atoms with Gasteiger partial charge in [0.2, 0.25) is 0 Å². The van der Waals surface area contributed by atoms with Crippen LogP contribution in [0.5, 0.6) is 5.75 Å². The van der Waals surface area contributed by atoms with Gasteiger partial charge in [0.25, 0.3) is 8.32 Å². The van der Waals surface area contributed by atoms with E-state index in [4.69, 9.17) is 4.43 Å². The van der Waals surface area contributed by atoms with Crippen LogP contribution in [0.3, 0.4) is 0 Å². The maximum atomic E-state index is 14.2. The standard InChI is InChI=1S/C16H25FOSi/c1-16(2,3)19(4,5)18-15-13(12-8-6-9-12)10-7-11-14(15)17/h7,10-12H,6,8-9H2,1-5H3. The Bertz CT molecular complexity index is 458. The fourth-order valence-corrected chi connectivity index (χ4v) is 3.11. The van der Waals surface area contributed by atoms with Crippen molar-refractivity contribution in [3.63, 3.8) is 0 Å². The molecule has 0 aromatic heterocycles. The highest BCUT2D eigenvalue weighted by atomic mass is 28.4. The predicted octanol–water partition coefficient (Wildman–Crippen LogP) is 5.48. The fourth-order valence-electron chi connectivity index (χ4n) is 2.08. The van der Waals surface area contributed by atoms with Crippen molar-refractivity contribution >= 4 is 8.32 Å². The van der Waals surface area contributed by atoms with Crippen LogP contribution in [-0.2, 0) is 0 Å². The van der Waals surface area contributed by atoms with E-state index in [1.807, 2.05) is 12.1 Å². The van der Waals surface area contributed by atoms with Crippen LogP contribution in [-0.4, -0.2) is 8.32 Å². The SMILES string of the molecule is CC(C)(C)[Si](C)(C)Oc1c(F)cccc1C1CCC1. The number of benzene rings is 1. The second-order valence-corrected chi connectivity index (χ2v) is 11.9. The molecule has 0 unspecified atom stereocenters. The molecular weight excluding hydrogens is 255 g/mol. The van der Waals surface area contributed by atoms with E-state index < -0.39 is 8.32 Å². The van der Waals surface area contributed by atoms with Crippen molar-refractivity contribution in [3.8, 4) is 5.75 Å².